The third-order valence-corrected chi connectivity index (χ3v) is 4.50. The molecule has 0 spiro atoms. The van der Waals surface area contributed by atoms with Crippen molar-refractivity contribution in [1.29, 1.82) is 0 Å². The molecule has 0 aromatic heterocycles. The van der Waals surface area contributed by atoms with Gasteiger partial charge in [-0.25, -0.2) is 4.79 Å². The van der Waals surface area contributed by atoms with Gasteiger partial charge in [-0.2, -0.15) is 0 Å². The van der Waals surface area contributed by atoms with Crippen LogP contribution in [0.15, 0.2) is 0 Å². The lowest BCUT2D eigenvalue weighted by atomic mass is 9.68. The SMILES string of the molecule is CC(O)C(C)OC1(C(=O)O)CCC(C(C)(C)C)CC1. The average molecular weight is 272 g/mol. The van der Waals surface area contributed by atoms with Gasteiger partial charge in [-0.1, -0.05) is 20.8 Å². The molecule has 2 N–H and O–H groups in total. The van der Waals surface area contributed by atoms with E-state index in [2.05, 4.69) is 20.8 Å². The van der Waals surface area contributed by atoms with Crippen molar-refractivity contribution in [3.63, 3.8) is 0 Å². The van der Waals surface area contributed by atoms with Crippen molar-refractivity contribution in [2.24, 2.45) is 11.3 Å². The van der Waals surface area contributed by atoms with E-state index in [9.17, 15) is 15.0 Å². The van der Waals surface area contributed by atoms with Crippen molar-refractivity contribution in [2.45, 2.75) is 78.1 Å². The molecule has 0 bridgehead atoms. The number of ether oxygens (including phenoxy) is 1. The first-order chi connectivity index (χ1) is 8.58. The number of carboxylic acid groups (broad SMARTS) is 1. The number of hydrogen-bond acceptors (Lipinski definition) is 3. The summed E-state index contributed by atoms with van der Waals surface area (Å²) in [4.78, 5) is 11.6. The van der Waals surface area contributed by atoms with Crippen molar-refractivity contribution in [3.8, 4) is 0 Å². The molecule has 1 rings (SSSR count). The van der Waals surface area contributed by atoms with Gasteiger partial charge in [0.1, 0.15) is 0 Å². The van der Waals surface area contributed by atoms with Crippen molar-refractivity contribution in [1.82, 2.24) is 0 Å². The minimum absolute atomic E-state index is 0.209. The highest BCUT2D eigenvalue weighted by molar-refractivity contribution is 5.77. The first-order valence-corrected chi connectivity index (χ1v) is 7.18. The second-order valence-electron chi connectivity index (χ2n) is 7.00. The fourth-order valence-electron chi connectivity index (χ4n) is 2.79. The molecule has 2 unspecified atom stereocenters. The van der Waals surface area contributed by atoms with Crippen LogP contribution in [0, 0.1) is 11.3 Å². The molecule has 0 aliphatic heterocycles. The molecule has 0 radical (unpaired) electrons. The van der Waals surface area contributed by atoms with E-state index in [4.69, 9.17) is 4.74 Å². The fourth-order valence-corrected chi connectivity index (χ4v) is 2.79. The molecular weight excluding hydrogens is 244 g/mol. The van der Waals surface area contributed by atoms with Gasteiger partial charge in [0, 0.05) is 0 Å². The fraction of sp³-hybridized carbons (Fsp3) is 0.933. The van der Waals surface area contributed by atoms with Crippen LogP contribution >= 0.6 is 0 Å². The Bertz CT molecular complexity index is 309. The van der Waals surface area contributed by atoms with E-state index < -0.39 is 23.8 Å². The number of hydrogen-bond donors (Lipinski definition) is 2. The zero-order chi connectivity index (χ0) is 14.8. The van der Waals surface area contributed by atoms with Gasteiger partial charge in [0.05, 0.1) is 12.2 Å². The maximum atomic E-state index is 11.6. The molecule has 1 saturated carbocycles. The standard InChI is InChI=1S/C15H28O4/c1-10(16)11(2)19-15(13(17)18)8-6-12(7-9-15)14(3,4)5/h10-12,16H,6-9H2,1-5H3,(H,17,18). The molecular formula is C15H28O4. The predicted molar refractivity (Wildman–Crippen MR) is 74.0 cm³/mol. The third kappa shape index (κ3) is 3.93. The Balaban J connectivity index is 2.75. The van der Waals surface area contributed by atoms with Crippen LogP contribution in [0.25, 0.3) is 0 Å². The van der Waals surface area contributed by atoms with Crippen molar-refractivity contribution >= 4 is 5.97 Å². The number of aliphatic hydroxyl groups excluding tert-OH is 1. The Morgan fingerprint density at radius 2 is 1.74 bits per heavy atom. The Kier molecular flexibility index (Phi) is 5.02. The van der Waals surface area contributed by atoms with E-state index in [1.54, 1.807) is 13.8 Å². The molecule has 0 saturated heterocycles. The Morgan fingerprint density at radius 3 is 2.05 bits per heavy atom. The summed E-state index contributed by atoms with van der Waals surface area (Å²) in [5.74, 6) is -0.363. The van der Waals surface area contributed by atoms with Gasteiger partial charge in [-0.05, 0) is 50.9 Å². The molecule has 1 aliphatic carbocycles. The van der Waals surface area contributed by atoms with Crippen molar-refractivity contribution < 1.29 is 19.7 Å². The molecule has 4 nitrogen and oxygen atoms in total. The lowest BCUT2D eigenvalue weighted by molar-refractivity contribution is -0.189. The largest absolute Gasteiger partial charge is 0.479 e. The molecule has 0 aromatic rings. The van der Waals surface area contributed by atoms with Gasteiger partial charge < -0.3 is 14.9 Å². The van der Waals surface area contributed by atoms with E-state index in [1.165, 1.54) is 0 Å². The Hall–Kier alpha value is -0.610. The molecule has 4 heteroatoms. The van der Waals surface area contributed by atoms with Crippen molar-refractivity contribution in [3.05, 3.63) is 0 Å². The van der Waals surface area contributed by atoms with Crippen LogP contribution in [0.2, 0.25) is 0 Å². The van der Waals surface area contributed by atoms with E-state index >= 15 is 0 Å². The van der Waals surface area contributed by atoms with E-state index in [1.807, 2.05) is 0 Å². The highest BCUT2D eigenvalue weighted by Crippen LogP contribution is 2.43. The maximum absolute atomic E-state index is 11.6. The monoisotopic (exact) mass is 272 g/mol. The quantitative estimate of drug-likeness (QED) is 0.826. The summed E-state index contributed by atoms with van der Waals surface area (Å²) in [7, 11) is 0. The highest BCUT2D eigenvalue weighted by atomic mass is 16.5. The predicted octanol–water partition coefficient (Wildman–Crippen LogP) is 2.83. The number of rotatable bonds is 4. The number of carbonyl (C=O) groups is 1. The summed E-state index contributed by atoms with van der Waals surface area (Å²) in [6, 6.07) is 0. The minimum Gasteiger partial charge on any atom is -0.479 e. The topological polar surface area (TPSA) is 66.8 Å². The molecule has 0 amide bonds. The lowest BCUT2D eigenvalue weighted by Crippen LogP contribution is -2.49. The summed E-state index contributed by atoms with van der Waals surface area (Å²) in [5.41, 5.74) is -0.904. The minimum atomic E-state index is -1.11. The summed E-state index contributed by atoms with van der Waals surface area (Å²) in [5, 5.41) is 19.0. The van der Waals surface area contributed by atoms with Crippen LogP contribution in [-0.4, -0.2) is 34.0 Å². The summed E-state index contributed by atoms with van der Waals surface area (Å²) in [6.45, 7) is 9.95. The molecule has 0 heterocycles. The van der Waals surface area contributed by atoms with Gasteiger partial charge in [0.2, 0.25) is 0 Å². The number of carboxylic acids is 1. The number of aliphatic carboxylic acids is 1. The zero-order valence-corrected chi connectivity index (χ0v) is 12.8. The summed E-state index contributed by atoms with van der Waals surface area (Å²) >= 11 is 0. The molecule has 1 aliphatic rings. The van der Waals surface area contributed by atoms with Crippen molar-refractivity contribution in [2.75, 3.05) is 0 Å². The van der Waals surface area contributed by atoms with E-state index in [0.717, 1.165) is 12.8 Å². The van der Waals surface area contributed by atoms with Crippen LogP contribution < -0.4 is 0 Å². The summed E-state index contributed by atoms with van der Waals surface area (Å²) in [6.07, 6.45) is 1.67. The van der Waals surface area contributed by atoms with Crippen LogP contribution in [0.1, 0.15) is 60.3 Å². The second-order valence-corrected chi connectivity index (χ2v) is 7.00. The summed E-state index contributed by atoms with van der Waals surface area (Å²) < 4.78 is 5.71. The Labute approximate surface area is 116 Å². The molecule has 19 heavy (non-hydrogen) atoms. The molecule has 112 valence electrons. The average Bonchev–Trinajstić information content (AvgIpc) is 2.27. The van der Waals surface area contributed by atoms with Crippen LogP contribution in [0.4, 0.5) is 0 Å². The molecule has 1 fully saturated rings. The second kappa shape index (κ2) is 5.80. The molecule has 2 atom stereocenters. The van der Waals surface area contributed by atoms with Gasteiger partial charge in [-0.15, -0.1) is 0 Å². The maximum Gasteiger partial charge on any atom is 0.335 e. The smallest absolute Gasteiger partial charge is 0.335 e. The van der Waals surface area contributed by atoms with Gasteiger partial charge in [0.15, 0.2) is 5.60 Å². The Morgan fingerprint density at radius 1 is 1.26 bits per heavy atom. The highest BCUT2D eigenvalue weighted by Gasteiger charge is 2.46. The first-order valence-electron chi connectivity index (χ1n) is 7.18. The van der Waals surface area contributed by atoms with E-state index in [0.29, 0.717) is 18.8 Å². The lowest BCUT2D eigenvalue weighted by Gasteiger charge is -2.42. The molecule has 0 aromatic carbocycles. The van der Waals surface area contributed by atoms with Gasteiger partial charge >= 0.3 is 5.97 Å². The zero-order valence-electron chi connectivity index (χ0n) is 12.8. The van der Waals surface area contributed by atoms with E-state index in [-0.39, 0.29) is 5.41 Å². The first kappa shape index (κ1) is 16.4. The third-order valence-electron chi connectivity index (χ3n) is 4.50. The van der Waals surface area contributed by atoms with Crippen LogP contribution in [-0.2, 0) is 9.53 Å². The van der Waals surface area contributed by atoms with Crippen LogP contribution in [0.5, 0.6) is 0 Å². The van der Waals surface area contributed by atoms with Gasteiger partial charge in [-0.3, -0.25) is 0 Å². The van der Waals surface area contributed by atoms with Gasteiger partial charge in [0.25, 0.3) is 0 Å². The van der Waals surface area contributed by atoms with Crippen LogP contribution in [0.3, 0.4) is 0 Å². The number of aliphatic hydroxyl groups is 1. The normalized spacial score (nSPS) is 31.8.